The number of halogens is 3. The zero-order valence-corrected chi connectivity index (χ0v) is 15.5. The van der Waals surface area contributed by atoms with E-state index in [4.69, 9.17) is 0 Å². The van der Waals surface area contributed by atoms with E-state index in [9.17, 15) is 22.8 Å². The Bertz CT molecular complexity index is 1060. The summed E-state index contributed by atoms with van der Waals surface area (Å²) < 4.78 is 38.3. The van der Waals surface area contributed by atoms with Gasteiger partial charge in [0, 0.05) is 29.2 Å². The average Bonchev–Trinajstić information content (AvgIpc) is 2.68. The molecule has 0 saturated carbocycles. The number of carbonyl (C=O) groups excluding carboxylic acids is 2. The lowest BCUT2D eigenvalue weighted by atomic mass is 9.98. The van der Waals surface area contributed by atoms with Gasteiger partial charge in [0.25, 0.3) is 0 Å². The Morgan fingerprint density at radius 1 is 1.03 bits per heavy atom. The first-order valence-corrected chi connectivity index (χ1v) is 8.75. The predicted octanol–water partition coefficient (Wildman–Crippen LogP) is 5.29. The summed E-state index contributed by atoms with van der Waals surface area (Å²) in [6.45, 7) is 1.92. The molecule has 0 fully saturated rings. The number of aryl methyl sites for hydroxylation is 1. The van der Waals surface area contributed by atoms with Gasteiger partial charge in [0.05, 0.1) is 12.0 Å². The molecular weight excluding hydrogens is 381 g/mol. The molecule has 0 spiro atoms. The van der Waals surface area contributed by atoms with Crippen LogP contribution in [0.5, 0.6) is 0 Å². The van der Waals surface area contributed by atoms with Crippen LogP contribution in [0.1, 0.15) is 27.9 Å². The number of rotatable bonds is 5. The van der Waals surface area contributed by atoms with Crippen molar-refractivity contribution in [1.29, 1.82) is 0 Å². The Morgan fingerprint density at radius 2 is 1.79 bits per heavy atom. The van der Waals surface area contributed by atoms with Crippen molar-refractivity contribution in [2.24, 2.45) is 0 Å². The fourth-order valence-corrected chi connectivity index (χ4v) is 2.85. The number of Topliss-reactive ketones (excluding diaryl/α,β-unsaturated/α-hetero) is 1. The Morgan fingerprint density at radius 3 is 2.52 bits per heavy atom. The summed E-state index contributed by atoms with van der Waals surface area (Å²) >= 11 is 0. The van der Waals surface area contributed by atoms with Crippen LogP contribution in [-0.2, 0) is 11.0 Å². The first kappa shape index (κ1) is 20.3. The standard InChI is InChI=1S/C22H17F3N2O2/c1-14-8-9-26-13-19(14)15-4-2-5-16(10-15)20(28)12-21(29)27-18-7-3-6-17(11-18)22(23,24)25/h2-11,13H,12H2,1H3,(H,27,29). The quantitative estimate of drug-likeness (QED) is 0.469. The van der Waals surface area contributed by atoms with E-state index < -0.39 is 29.9 Å². The first-order valence-electron chi connectivity index (χ1n) is 8.75. The van der Waals surface area contributed by atoms with Crippen LogP contribution in [0.15, 0.2) is 67.0 Å². The summed E-state index contributed by atoms with van der Waals surface area (Å²) in [6, 6.07) is 12.9. The summed E-state index contributed by atoms with van der Waals surface area (Å²) in [7, 11) is 0. The van der Waals surface area contributed by atoms with Crippen molar-refractivity contribution < 1.29 is 22.8 Å². The van der Waals surface area contributed by atoms with Gasteiger partial charge in [-0.25, -0.2) is 0 Å². The topological polar surface area (TPSA) is 59.1 Å². The molecular formula is C22H17F3N2O2. The number of carbonyl (C=O) groups is 2. The highest BCUT2D eigenvalue weighted by Crippen LogP contribution is 2.30. The van der Waals surface area contributed by atoms with Gasteiger partial charge in [-0.3, -0.25) is 14.6 Å². The summed E-state index contributed by atoms with van der Waals surface area (Å²) in [5, 5.41) is 2.34. The van der Waals surface area contributed by atoms with E-state index >= 15 is 0 Å². The maximum absolute atomic E-state index is 12.8. The summed E-state index contributed by atoms with van der Waals surface area (Å²) in [5.41, 5.74) is 2.10. The van der Waals surface area contributed by atoms with E-state index in [1.165, 1.54) is 12.1 Å². The van der Waals surface area contributed by atoms with Gasteiger partial charge in [0.15, 0.2) is 5.78 Å². The highest BCUT2D eigenvalue weighted by Gasteiger charge is 2.30. The molecule has 1 amide bonds. The molecule has 3 rings (SSSR count). The Balaban J connectivity index is 1.72. The average molecular weight is 398 g/mol. The molecule has 0 aliphatic heterocycles. The normalized spacial score (nSPS) is 11.2. The second-order valence-electron chi connectivity index (χ2n) is 6.50. The number of hydrogen-bond acceptors (Lipinski definition) is 3. The largest absolute Gasteiger partial charge is 0.416 e. The van der Waals surface area contributed by atoms with E-state index in [0.29, 0.717) is 5.56 Å². The van der Waals surface area contributed by atoms with Crippen molar-refractivity contribution in [3.63, 3.8) is 0 Å². The molecule has 1 N–H and O–H groups in total. The highest BCUT2D eigenvalue weighted by atomic mass is 19.4. The van der Waals surface area contributed by atoms with E-state index in [2.05, 4.69) is 10.3 Å². The fourth-order valence-electron chi connectivity index (χ4n) is 2.85. The number of amides is 1. The molecule has 29 heavy (non-hydrogen) atoms. The number of nitrogens with one attached hydrogen (secondary N) is 1. The van der Waals surface area contributed by atoms with Crippen molar-refractivity contribution in [2.75, 3.05) is 5.32 Å². The minimum absolute atomic E-state index is 0.0163. The number of ketones is 1. The lowest BCUT2D eigenvalue weighted by Gasteiger charge is -2.10. The first-order chi connectivity index (χ1) is 13.7. The minimum atomic E-state index is -4.51. The molecule has 148 valence electrons. The molecule has 0 aliphatic rings. The number of aromatic nitrogens is 1. The van der Waals surface area contributed by atoms with Crippen LogP contribution in [0.3, 0.4) is 0 Å². The van der Waals surface area contributed by atoms with E-state index in [1.807, 2.05) is 19.1 Å². The van der Waals surface area contributed by atoms with Gasteiger partial charge in [-0.15, -0.1) is 0 Å². The van der Waals surface area contributed by atoms with Gasteiger partial charge in [-0.2, -0.15) is 13.2 Å². The zero-order valence-electron chi connectivity index (χ0n) is 15.5. The second-order valence-corrected chi connectivity index (χ2v) is 6.50. The van der Waals surface area contributed by atoms with Crippen molar-refractivity contribution in [3.8, 4) is 11.1 Å². The third-order valence-corrected chi connectivity index (χ3v) is 4.33. The number of alkyl halides is 3. The molecule has 1 aromatic heterocycles. The van der Waals surface area contributed by atoms with Crippen molar-refractivity contribution in [2.45, 2.75) is 19.5 Å². The van der Waals surface area contributed by atoms with Gasteiger partial charge < -0.3 is 5.32 Å². The van der Waals surface area contributed by atoms with Gasteiger partial charge >= 0.3 is 6.18 Å². The van der Waals surface area contributed by atoms with Crippen molar-refractivity contribution >= 4 is 17.4 Å². The third kappa shape index (κ3) is 5.07. The molecule has 0 saturated heterocycles. The smallest absolute Gasteiger partial charge is 0.326 e. The van der Waals surface area contributed by atoms with Crippen LogP contribution in [0, 0.1) is 6.92 Å². The SMILES string of the molecule is Cc1ccncc1-c1cccc(C(=O)CC(=O)Nc2cccc(C(F)(F)F)c2)c1. The van der Waals surface area contributed by atoms with Gasteiger partial charge in [0.1, 0.15) is 0 Å². The molecule has 0 bridgehead atoms. The van der Waals surface area contributed by atoms with E-state index in [0.717, 1.165) is 28.8 Å². The van der Waals surface area contributed by atoms with E-state index in [-0.39, 0.29) is 5.69 Å². The number of anilines is 1. The number of benzene rings is 2. The summed E-state index contributed by atoms with van der Waals surface area (Å²) in [5.74, 6) is -1.12. The van der Waals surface area contributed by atoms with Gasteiger partial charge in [0.2, 0.25) is 5.91 Å². The molecule has 0 unspecified atom stereocenters. The molecule has 4 nitrogen and oxygen atoms in total. The number of nitrogens with zero attached hydrogens (tertiary/aromatic N) is 1. The van der Waals surface area contributed by atoms with Crippen LogP contribution in [-0.4, -0.2) is 16.7 Å². The predicted molar refractivity (Wildman–Crippen MR) is 103 cm³/mol. The Hall–Kier alpha value is -3.48. The monoisotopic (exact) mass is 398 g/mol. The molecule has 0 radical (unpaired) electrons. The fraction of sp³-hybridized carbons (Fsp3) is 0.136. The Labute approximate surface area is 165 Å². The van der Waals surface area contributed by atoms with Crippen LogP contribution >= 0.6 is 0 Å². The van der Waals surface area contributed by atoms with Crippen LogP contribution in [0.4, 0.5) is 18.9 Å². The number of hydrogen-bond donors (Lipinski definition) is 1. The van der Waals surface area contributed by atoms with Crippen LogP contribution < -0.4 is 5.32 Å². The lowest BCUT2D eigenvalue weighted by molar-refractivity contribution is -0.137. The van der Waals surface area contributed by atoms with Gasteiger partial charge in [-0.1, -0.05) is 24.3 Å². The molecule has 2 aromatic carbocycles. The van der Waals surface area contributed by atoms with Gasteiger partial charge in [-0.05, 0) is 48.4 Å². The van der Waals surface area contributed by atoms with Crippen molar-refractivity contribution in [3.05, 3.63) is 83.7 Å². The lowest BCUT2D eigenvalue weighted by Crippen LogP contribution is -2.17. The maximum atomic E-state index is 12.8. The van der Waals surface area contributed by atoms with Crippen LogP contribution in [0.2, 0.25) is 0 Å². The second kappa shape index (κ2) is 8.26. The molecule has 0 atom stereocenters. The highest BCUT2D eigenvalue weighted by molar-refractivity contribution is 6.11. The molecule has 1 heterocycles. The zero-order chi connectivity index (χ0) is 21.0. The molecule has 7 heteroatoms. The number of pyridine rings is 1. The summed E-state index contributed by atoms with van der Waals surface area (Å²) in [6.07, 6.45) is -1.63. The molecule has 0 aliphatic carbocycles. The minimum Gasteiger partial charge on any atom is -0.326 e. The summed E-state index contributed by atoms with van der Waals surface area (Å²) in [4.78, 5) is 28.7. The Kier molecular flexibility index (Phi) is 5.77. The molecule has 3 aromatic rings. The maximum Gasteiger partial charge on any atom is 0.416 e. The van der Waals surface area contributed by atoms with E-state index in [1.54, 1.807) is 30.6 Å². The third-order valence-electron chi connectivity index (χ3n) is 4.33. The van der Waals surface area contributed by atoms with Crippen molar-refractivity contribution in [1.82, 2.24) is 4.98 Å². The van der Waals surface area contributed by atoms with Crippen LogP contribution in [0.25, 0.3) is 11.1 Å².